The number of rotatable bonds is 29. The molecule has 1 aliphatic heterocycles. The van der Waals surface area contributed by atoms with Gasteiger partial charge in [0.2, 0.25) is 35.8 Å². The van der Waals surface area contributed by atoms with Gasteiger partial charge < -0.3 is 68.2 Å². The Bertz CT molecular complexity index is 2740. The lowest BCUT2D eigenvalue weighted by Crippen LogP contribution is -2.59. The number of nitrogens with zero attached hydrogens (tertiary/aromatic N) is 4. The molecule has 82 heavy (non-hydrogen) atoms. The highest BCUT2D eigenvalue weighted by atomic mass is 19.4. The van der Waals surface area contributed by atoms with Crippen LogP contribution in [0.5, 0.6) is 5.75 Å². The van der Waals surface area contributed by atoms with E-state index in [1.807, 2.05) is 6.07 Å². The molecule has 2 aromatic heterocycles. The van der Waals surface area contributed by atoms with Crippen molar-refractivity contribution in [3.63, 3.8) is 0 Å². The lowest BCUT2D eigenvalue weighted by atomic mass is 9.98. The number of phenolic OH excluding ortho intramolecular Hbond substituents is 1. The number of alkyl carbamates (subject to hydrolysis) is 1. The molecule has 3 heterocycles. The zero-order valence-corrected chi connectivity index (χ0v) is 45.2. The fourth-order valence-corrected chi connectivity index (χ4v) is 8.37. The van der Waals surface area contributed by atoms with Crippen molar-refractivity contribution in [2.24, 2.45) is 22.4 Å². The second-order valence-electron chi connectivity index (χ2n) is 19.1. The number of likely N-dealkylation sites (tertiary alicyclic amines) is 1. The van der Waals surface area contributed by atoms with E-state index in [1.54, 1.807) is 56.3 Å². The number of H-pyrrole nitrogens is 1. The number of amides is 7. The number of ether oxygens (including phenoxy) is 1. The van der Waals surface area contributed by atoms with Gasteiger partial charge in [-0.25, -0.2) is 14.6 Å². The molecule has 28 heteroatoms. The van der Waals surface area contributed by atoms with Gasteiger partial charge in [-0.05, 0) is 86.3 Å². The van der Waals surface area contributed by atoms with E-state index in [9.17, 15) is 61.7 Å². The fourth-order valence-electron chi connectivity index (χ4n) is 8.37. The summed E-state index contributed by atoms with van der Waals surface area (Å²) in [5.41, 5.74) is 12.9. The maximum Gasteiger partial charge on any atom is 0.446 e. The number of aromatic hydroxyl groups is 1. The molecule has 0 unspecified atom stereocenters. The molecule has 0 spiro atoms. The summed E-state index contributed by atoms with van der Waals surface area (Å²) in [6.45, 7) is 3.86. The predicted molar refractivity (Wildman–Crippen MR) is 290 cm³/mol. The first kappa shape index (κ1) is 65.4. The van der Waals surface area contributed by atoms with Crippen molar-refractivity contribution in [1.82, 2.24) is 51.8 Å². The van der Waals surface area contributed by atoms with E-state index in [2.05, 4.69) is 51.8 Å². The number of aromatic amines is 1. The molecule has 1 saturated heterocycles. The van der Waals surface area contributed by atoms with Crippen LogP contribution in [0.15, 0.2) is 96.6 Å². The minimum absolute atomic E-state index is 0.0244. The van der Waals surface area contributed by atoms with Crippen molar-refractivity contribution in [2.45, 2.75) is 127 Å². The molecule has 0 bridgehead atoms. The maximum absolute atomic E-state index is 14.7. The van der Waals surface area contributed by atoms with E-state index >= 15 is 0 Å². The number of carboxylic acid groups (broad SMARTS) is 1. The van der Waals surface area contributed by atoms with Crippen molar-refractivity contribution in [3.8, 4) is 5.75 Å². The van der Waals surface area contributed by atoms with Crippen molar-refractivity contribution in [1.29, 1.82) is 0 Å². The topological polar surface area (TPSA) is 385 Å². The molecule has 0 saturated carbocycles. The predicted octanol–water partition coefficient (Wildman–Crippen LogP) is 2.05. The number of unbranched alkanes of at least 4 members (excludes halogenated alkanes) is 1. The summed E-state index contributed by atoms with van der Waals surface area (Å²) in [6, 6.07) is 10.8. The standard InChI is InChI=1S/C52H69N13O11.C2HF3O/c1-3-32(2)43(50(73)74)64-48(71)42-17-11-25-65(42)49(72)41(27-36-29-56-31-59-36)62-46(69)39(60-47(70)40(26-33-18-20-37(66)21-19-33)61-44(67)35-14-9-22-55-28-35)15-7-8-23-57-45(68)38(16-10-24-58-51(53)54)63-52(75)76-30-34-12-5-4-6-13-34;3-2(4,5)1-6/h4-6,9,12-14,18-22,28-29,31-32,38-43,66H,3,7-8,10-11,15-17,23-27,30H2,1-2H3,(H,56,59)(H,57,68)(H,60,70)(H,61,67)(H,62,69)(H,63,75)(H,64,71)(H,73,74)(H4,53,54,58);1H/t32-,38-,39-,40-,41-,42-,43-;/m0./s1. The molecule has 0 aliphatic carbocycles. The van der Waals surface area contributed by atoms with Crippen LogP contribution >= 0.6 is 0 Å². The number of guanidine groups is 1. The first-order valence-corrected chi connectivity index (χ1v) is 26.3. The second-order valence-corrected chi connectivity index (χ2v) is 19.1. The summed E-state index contributed by atoms with van der Waals surface area (Å²) in [6.07, 6.45) is 0.997. The number of hydrogen-bond acceptors (Lipinski definition) is 14. The summed E-state index contributed by atoms with van der Waals surface area (Å²) in [7, 11) is 0. The summed E-state index contributed by atoms with van der Waals surface area (Å²) in [5.74, 6) is -5.78. The maximum atomic E-state index is 14.7. The number of imidazole rings is 1. The summed E-state index contributed by atoms with van der Waals surface area (Å²) in [4.78, 5) is 134. The number of carbonyl (C=O) groups is 9. The largest absolute Gasteiger partial charge is 0.508 e. The number of benzene rings is 2. The second kappa shape index (κ2) is 33.5. The Morgan fingerprint density at radius 3 is 2.11 bits per heavy atom. The Balaban J connectivity index is 0.00000228. The molecule has 444 valence electrons. The van der Waals surface area contributed by atoms with E-state index in [1.165, 1.54) is 48.0 Å². The number of aromatic nitrogens is 3. The third kappa shape index (κ3) is 22.9. The van der Waals surface area contributed by atoms with Crippen LogP contribution < -0.4 is 43.4 Å². The molecular formula is C54H70F3N13O12. The van der Waals surface area contributed by atoms with Gasteiger partial charge in [0.25, 0.3) is 5.91 Å². The monoisotopic (exact) mass is 1150 g/mol. The number of carbonyl (C=O) groups excluding carboxylic acids is 8. The highest BCUT2D eigenvalue weighted by Gasteiger charge is 2.40. The van der Waals surface area contributed by atoms with Crippen LogP contribution in [0.1, 0.15) is 92.4 Å². The average Bonchev–Trinajstić information content (AvgIpc) is 4.28. The summed E-state index contributed by atoms with van der Waals surface area (Å²) in [5, 5.41) is 36.2. The molecule has 1 fully saturated rings. The van der Waals surface area contributed by atoms with Crippen LogP contribution in [0.25, 0.3) is 0 Å². The minimum atomic E-state index is -4.64. The van der Waals surface area contributed by atoms with Crippen LogP contribution in [-0.2, 0) is 57.7 Å². The highest BCUT2D eigenvalue weighted by Crippen LogP contribution is 2.22. The molecule has 4 aromatic rings. The van der Waals surface area contributed by atoms with E-state index < -0.39 is 102 Å². The molecule has 2 aromatic carbocycles. The quantitative estimate of drug-likeness (QED) is 0.0160. The molecule has 1 aliphatic rings. The van der Waals surface area contributed by atoms with Gasteiger partial charge in [0.1, 0.15) is 48.6 Å². The van der Waals surface area contributed by atoms with E-state index in [0.717, 1.165) is 5.56 Å². The number of hydrogen-bond donors (Lipinski definition) is 11. The third-order valence-corrected chi connectivity index (χ3v) is 12.9. The van der Waals surface area contributed by atoms with Gasteiger partial charge in [-0.15, -0.1) is 0 Å². The van der Waals surface area contributed by atoms with Crippen LogP contribution in [0.3, 0.4) is 0 Å². The number of nitrogens with two attached hydrogens (primary N) is 2. The van der Waals surface area contributed by atoms with E-state index in [0.29, 0.717) is 30.5 Å². The Morgan fingerprint density at radius 2 is 1.49 bits per heavy atom. The molecule has 0 radical (unpaired) electrons. The highest BCUT2D eigenvalue weighted by molar-refractivity contribution is 5.99. The van der Waals surface area contributed by atoms with E-state index in [-0.39, 0.29) is 88.5 Å². The number of aldehydes is 1. The van der Waals surface area contributed by atoms with Gasteiger partial charge in [0, 0.05) is 56.8 Å². The number of halogens is 3. The first-order valence-electron chi connectivity index (χ1n) is 26.3. The number of alkyl halides is 3. The van der Waals surface area contributed by atoms with Crippen molar-refractivity contribution < 1.29 is 71.3 Å². The molecular weight excluding hydrogens is 1080 g/mol. The zero-order valence-electron chi connectivity index (χ0n) is 45.2. The number of aliphatic carboxylic acids is 1. The SMILES string of the molecule is CC[C@H](C)[C@H](NC(=O)[C@@H]1CCCN1C(=O)[C@H](Cc1cnc[nH]1)NC(=O)[C@H](CCCCNC(=O)[C@H](CCCN=C(N)N)NC(=O)OCc1ccccc1)NC(=O)[C@H](Cc1ccc(O)cc1)NC(=O)c1cccnc1)C(=O)O.O=CC(F)(F)F. The number of phenols is 1. The third-order valence-electron chi connectivity index (χ3n) is 12.9. The van der Waals surface area contributed by atoms with E-state index in [4.69, 9.17) is 21.0 Å². The van der Waals surface area contributed by atoms with Crippen LogP contribution in [0, 0.1) is 5.92 Å². The van der Waals surface area contributed by atoms with Gasteiger partial charge >= 0.3 is 18.2 Å². The number of aliphatic imine (C=N–C) groups is 1. The summed E-state index contributed by atoms with van der Waals surface area (Å²) >= 11 is 0. The minimum Gasteiger partial charge on any atom is -0.508 e. The Hall–Kier alpha value is -9.11. The normalized spacial score (nSPS) is 15.0. The lowest BCUT2D eigenvalue weighted by Gasteiger charge is -2.31. The van der Waals surface area contributed by atoms with Gasteiger partial charge in [-0.3, -0.25) is 43.5 Å². The fraction of sp³-hybridized carbons (Fsp3) is 0.444. The zero-order chi connectivity index (χ0) is 60.2. The Kier molecular flexibility index (Phi) is 26.7. The average molecular weight is 1150 g/mol. The van der Waals surface area contributed by atoms with Crippen LogP contribution in [0.4, 0.5) is 18.0 Å². The molecule has 5 rings (SSSR count). The molecule has 25 nitrogen and oxygen atoms in total. The van der Waals surface area contributed by atoms with Gasteiger partial charge in [-0.1, -0.05) is 62.7 Å². The number of carboxylic acids is 1. The van der Waals surface area contributed by atoms with Gasteiger partial charge in [0.05, 0.1) is 11.9 Å². The number of nitrogens with one attached hydrogen (secondary N) is 7. The molecule has 7 amide bonds. The van der Waals surface area contributed by atoms with Gasteiger partial charge in [0.15, 0.2) is 5.96 Å². The van der Waals surface area contributed by atoms with Crippen LogP contribution in [-0.4, -0.2) is 152 Å². The summed E-state index contributed by atoms with van der Waals surface area (Å²) < 4.78 is 36.6. The van der Waals surface area contributed by atoms with Crippen LogP contribution in [0.2, 0.25) is 0 Å². The lowest BCUT2D eigenvalue weighted by molar-refractivity contribution is -0.156. The van der Waals surface area contributed by atoms with Crippen molar-refractivity contribution in [3.05, 3.63) is 114 Å². The Morgan fingerprint density at radius 1 is 0.817 bits per heavy atom. The molecule has 7 atom stereocenters. The van der Waals surface area contributed by atoms with Gasteiger partial charge in [-0.2, -0.15) is 13.2 Å². The Labute approximate surface area is 470 Å². The molecule has 13 N–H and O–H groups in total. The van der Waals surface area contributed by atoms with Crippen molar-refractivity contribution in [2.75, 3.05) is 19.6 Å². The number of pyridine rings is 1. The first-order chi connectivity index (χ1) is 39.1. The smallest absolute Gasteiger partial charge is 0.446 e. The van der Waals surface area contributed by atoms with Crippen molar-refractivity contribution >= 4 is 59.8 Å².